The Balaban J connectivity index is 1.50. The number of rotatable bonds is 12. The molecule has 44 heavy (non-hydrogen) atoms. The maximum atomic E-state index is 13.6. The number of aromatic carboxylic acids is 1. The highest BCUT2D eigenvalue weighted by Gasteiger charge is 2.41. The van der Waals surface area contributed by atoms with E-state index in [0.717, 1.165) is 47.0 Å². The van der Waals surface area contributed by atoms with Crippen molar-refractivity contribution in [3.63, 3.8) is 0 Å². The van der Waals surface area contributed by atoms with Crippen molar-refractivity contribution in [2.24, 2.45) is 5.92 Å². The summed E-state index contributed by atoms with van der Waals surface area (Å²) in [6, 6.07) is 16.3. The number of carbonyl (C=O) groups excluding carboxylic acids is 1. The predicted octanol–water partition coefficient (Wildman–Crippen LogP) is 5.40. The lowest BCUT2D eigenvalue weighted by atomic mass is 9.92. The Bertz CT molecular complexity index is 1530. The number of ether oxygens (including phenoxy) is 2. The molecule has 0 spiro atoms. The summed E-state index contributed by atoms with van der Waals surface area (Å²) in [5, 5.41) is 11.9. The Morgan fingerprint density at radius 3 is 2.16 bits per heavy atom. The number of hydrogen-bond donors (Lipinski definition) is 2. The number of sulfonamides is 1. The highest BCUT2D eigenvalue weighted by Crippen LogP contribution is 2.31. The van der Waals surface area contributed by atoms with Gasteiger partial charge >= 0.3 is 12.3 Å². The molecule has 0 saturated carbocycles. The van der Waals surface area contributed by atoms with Crippen molar-refractivity contribution in [3.05, 3.63) is 89.5 Å². The molecule has 0 unspecified atom stereocenters. The molecule has 1 saturated heterocycles. The molecule has 1 fully saturated rings. The summed E-state index contributed by atoms with van der Waals surface area (Å²) in [7, 11) is -4.28. The van der Waals surface area contributed by atoms with Crippen LogP contribution in [0.3, 0.4) is 0 Å². The Kier molecular flexibility index (Phi) is 10.5. The Labute approximate surface area is 253 Å². The fraction of sp³-hybridized carbons (Fsp3) is 0.355. The number of halogens is 3. The molecule has 1 heterocycles. The van der Waals surface area contributed by atoms with Gasteiger partial charge in [0.05, 0.1) is 17.1 Å². The molecule has 0 bridgehead atoms. The van der Waals surface area contributed by atoms with E-state index in [1.165, 1.54) is 29.8 Å². The van der Waals surface area contributed by atoms with Gasteiger partial charge in [0, 0.05) is 13.1 Å². The number of aryl methyl sites for hydroxylation is 1. The monoisotopic (exact) mass is 634 g/mol. The minimum absolute atomic E-state index is 0.0289. The molecule has 13 heteroatoms. The Morgan fingerprint density at radius 2 is 1.57 bits per heavy atom. The van der Waals surface area contributed by atoms with Crippen LogP contribution in [0.4, 0.5) is 13.2 Å². The van der Waals surface area contributed by atoms with Crippen LogP contribution in [-0.2, 0) is 27.8 Å². The Morgan fingerprint density at radius 1 is 0.955 bits per heavy atom. The van der Waals surface area contributed by atoms with Crippen molar-refractivity contribution in [3.8, 4) is 11.5 Å². The van der Waals surface area contributed by atoms with E-state index in [4.69, 9.17) is 9.84 Å². The number of benzene rings is 3. The van der Waals surface area contributed by atoms with Crippen molar-refractivity contribution in [1.82, 2.24) is 9.62 Å². The first-order chi connectivity index (χ1) is 20.9. The van der Waals surface area contributed by atoms with Gasteiger partial charge in [0.1, 0.15) is 17.5 Å². The molecule has 1 amide bonds. The molecule has 236 valence electrons. The van der Waals surface area contributed by atoms with E-state index in [-0.39, 0.29) is 42.5 Å². The lowest BCUT2D eigenvalue weighted by molar-refractivity contribution is -0.274. The normalized spacial score (nSPS) is 17.5. The lowest BCUT2D eigenvalue weighted by Gasteiger charge is -2.37. The number of carboxylic acids is 1. The molecule has 3 aromatic carbocycles. The molecule has 1 aliphatic heterocycles. The Hall–Kier alpha value is -4.10. The van der Waals surface area contributed by atoms with Crippen LogP contribution in [0.15, 0.2) is 77.7 Å². The highest BCUT2D eigenvalue weighted by atomic mass is 32.2. The van der Waals surface area contributed by atoms with Gasteiger partial charge in [-0.2, -0.15) is 4.31 Å². The average Bonchev–Trinajstić information content (AvgIpc) is 2.99. The molecule has 9 nitrogen and oxygen atoms in total. The van der Waals surface area contributed by atoms with Crippen LogP contribution in [-0.4, -0.2) is 55.3 Å². The second kappa shape index (κ2) is 14.1. The van der Waals surface area contributed by atoms with Crippen molar-refractivity contribution in [2.45, 2.75) is 56.5 Å². The minimum Gasteiger partial charge on any atom is -0.493 e. The molecule has 0 aromatic heterocycles. The van der Waals surface area contributed by atoms with E-state index in [1.54, 1.807) is 0 Å². The molecular formula is C31H33F3N2O7S. The van der Waals surface area contributed by atoms with Crippen LogP contribution in [0.25, 0.3) is 0 Å². The summed E-state index contributed by atoms with van der Waals surface area (Å²) >= 11 is 0. The molecule has 2 N–H and O–H groups in total. The third-order valence-electron chi connectivity index (χ3n) is 7.24. The van der Waals surface area contributed by atoms with E-state index in [2.05, 4.69) is 17.0 Å². The topological polar surface area (TPSA) is 122 Å². The molecular weight excluding hydrogens is 601 g/mol. The van der Waals surface area contributed by atoms with E-state index >= 15 is 0 Å². The van der Waals surface area contributed by atoms with Gasteiger partial charge in [0.15, 0.2) is 0 Å². The van der Waals surface area contributed by atoms with Gasteiger partial charge < -0.3 is 19.9 Å². The zero-order chi connectivity index (χ0) is 31.9. The first-order valence-corrected chi connectivity index (χ1v) is 15.5. The molecule has 0 radical (unpaired) electrons. The number of carbonyl (C=O) groups is 2. The summed E-state index contributed by atoms with van der Waals surface area (Å²) in [5.74, 6) is -1.94. The fourth-order valence-electron chi connectivity index (χ4n) is 4.97. The van der Waals surface area contributed by atoms with Crippen LogP contribution in [0.1, 0.15) is 47.7 Å². The smallest absolute Gasteiger partial charge is 0.493 e. The zero-order valence-electron chi connectivity index (χ0n) is 23.9. The maximum absolute atomic E-state index is 13.6. The van der Waals surface area contributed by atoms with Gasteiger partial charge in [-0.15, -0.1) is 13.2 Å². The maximum Gasteiger partial charge on any atom is 0.573 e. The van der Waals surface area contributed by atoms with Crippen LogP contribution >= 0.6 is 0 Å². The van der Waals surface area contributed by atoms with Crippen molar-refractivity contribution in [1.29, 1.82) is 0 Å². The lowest BCUT2D eigenvalue weighted by Crippen LogP contribution is -2.54. The van der Waals surface area contributed by atoms with Crippen molar-refractivity contribution < 1.29 is 45.8 Å². The number of nitrogens with one attached hydrogen (secondary N) is 1. The molecule has 0 aliphatic carbocycles. The molecule has 2 atom stereocenters. The van der Waals surface area contributed by atoms with E-state index in [0.29, 0.717) is 12.2 Å². The fourth-order valence-corrected chi connectivity index (χ4v) is 6.58. The SMILES string of the molecule is CCCc1ccc(CNC(=O)[C@H]2C[C@H](COc3ccc(C(=O)O)cc3)CCN2S(=O)(=O)c2ccc(OC(F)(F)F)cc2)cc1. The van der Waals surface area contributed by atoms with Crippen LogP contribution in [0, 0.1) is 5.92 Å². The van der Waals surface area contributed by atoms with Crippen LogP contribution < -0.4 is 14.8 Å². The van der Waals surface area contributed by atoms with E-state index in [1.807, 2.05) is 24.3 Å². The van der Waals surface area contributed by atoms with Crippen molar-refractivity contribution >= 4 is 21.9 Å². The number of alkyl halides is 3. The number of nitrogens with zero attached hydrogens (tertiary/aromatic N) is 1. The summed E-state index contributed by atoms with van der Waals surface area (Å²) in [5.41, 5.74) is 2.11. The van der Waals surface area contributed by atoms with Gasteiger partial charge in [-0.1, -0.05) is 37.6 Å². The first-order valence-electron chi connectivity index (χ1n) is 14.0. The van der Waals surface area contributed by atoms with Crippen LogP contribution in [0.2, 0.25) is 0 Å². The third-order valence-corrected chi connectivity index (χ3v) is 9.17. The second-order valence-electron chi connectivity index (χ2n) is 10.5. The predicted molar refractivity (Wildman–Crippen MR) is 155 cm³/mol. The summed E-state index contributed by atoms with van der Waals surface area (Å²) in [6.07, 6.45) is -2.52. The standard InChI is InChI=1S/C31H33F3N2O7S/c1-2-3-21-4-6-22(7-5-21)19-35-29(37)28-18-23(20-42-25-10-8-24(9-11-25)30(38)39)16-17-36(28)44(40,41)27-14-12-26(13-15-27)43-31(32,33)34/h4-15,23,28H,2-3,16-20H2,1H3,(H,35,37)(H,38,39)/t23-,28-/m1/s1. The van der Waals surface area contributed by atoms with Crippen molar-refractivity contribution in [2.75, 3.05) is 13.2 Å². The largest absolute Gasteiger partial charge is 0.573 e. The zero-order valence-corrected chi connectivity index (χ0v) is 24.7. The first kappa shape index (κ1) is 32.8. The van der Waals surface area contributed by atoms with Gasteiger partial charge in [-0.25, -0.2) is 13.2 Å². The van der Waals surface area contributed by atoms with E-state index < -0.39 is 40.1 Å². The third kappa shape index (κ3) is 8.73. The molecule has 4 rings (SSSR count). The second-order valence-corrected chi connectivity index (χ2v) is 12.4. The number of hydrogen-bond acceptors (Lipinski definition) is 6. The summed E-state index contributed by atoms with van der Waals surface area (Å²) in [4.78, 5) is 24.3. The van der Waals surface area contributed by atoms with Gasteiger partial charge in [-0.3, -0.25) is 4.79 Å². The van der Waals surface area contributed by atoms with Gasteiger partial charge in [0.25, 0.3) is 0 Å². The van der Waals surface area contributed by atoms with Gasteiger partial charge in [-0.05, 0) is 84.8 Å². The summed E-state index contributed by atoms with van der Waals surface area (Å²) in [6.45, 7) is 2.39. The summed E-state index contributed by atoms with van der Waals surface area (Å²) < 4.78 is 75.8. The number of piperidine rings is 1. The van der Waals surface area contributed by atoms with E-state index in [9.17, 15) is 31.2 Å². The molecule has 3 aromatic rings. The number of carboxylic acid groups (broad SMARTS) is 1. The average molecular weight is 635 g/mol. The van der Waals surface area contributed by atoms with Crippen LogP contribution in [0.5, 0.6) is 11.5 Å². The number of amides is 1. The van der Waals surface area contributed by atoms with Gasteiger partial charge in [0.2, 0.25) is 15.9 Å². The molecule has 1 aliphatic rings. The minimum atomic E-state index is -4.93. The quantitative estimate of drug-likeness (QED) is 0.274. The highest BCUT2D eigenvalue weighted by molar-refractivity contribution is 7.89.